The van der Waals surface area contributed by atoms with Gasteiger partial charge in [-0.15, -0.1) is 0 Å². The van der Waals surface area contributed by atoms with E-state index < -0.39 is 0 Å². The second kappa shape index (κ2) is 9.40. The molecule has 0 spiro atoms. The fraction of sp³-hybridized carbons (Fsp3) is 0.600. The molecule has 18 heavy (non-hydrogen) atoms. The lowest BCUT2D eigenvalue weighted by Gasteiger charge is -2.17. The van der Waals surface area contributed by atoms with Crippen molar-refractivity contribution in [3.05, 3.63) is 28.7 Å². The minimum atomic E-state index is 0.806. The molecular formula is C15H24BrNO. The molecule has 102 valence electrons. The van der Waals surface area contributed by atoms with Crippen LogP contribution in [0.2, 0.25) is 0 Å². The zero-order valence-electron chi connectivity index (χ0n) is 11.5. The third-order valence-corrected chi connectivity index (χ3v) is 3.76. The number of halogens is 1. The maximum Gasteiger partial charge on any atom is 0.133 e. The smallest absolute Gasteiger partial charge is 0.133 e. The van der Waals surface area contributed by atoms with Gasteiger partial charge >= 0.3 is 0 Å². The van der Waals surface area contributed by atoms with Gasteiger partial charge < -0.3 is 9.64 Å². The summed E-state index contributed by atoms with van der Waals surface area (Å²) in [4.78, 5) is 2.47. The van der Waals surface area contributed by atoms with Crippen molar-refractivity contribution in [2.24, 2.45) is 0 Å². The maximum absolute atomic E-state index is 5.74. The van der Waals surface area contributed by atoms with Crippen molar-refractivity contribution in [3.63, 3.8) is 0 Å². The van der Waals surface area contributed by atoms with Crippen molar-refractivity contribution >= 4 is 15.9 Å². The predicted octanol–water partition coefficient (Wildman–Crippen LogP) is 4.34. The van der Waals surface area contributed by atoms with Crippen molar-refractivity contribution in [2.75, 3.05) is 26.2 Å². The number of nitrogens with zero attached hydrogens (tertiary/aromatic N) is 1. The SMILES string of the molecule is CCN(CC)CCCCCOc1ccccc1Br. The quantitative estimate of drug-likeness (QED) is 0.629. The Bertz CT molecular complexity index is 326. The Hall–Kier alpha value is -0.540. The Morgan fingerprint density at radius 3 is 2.44 bits per heavy atom. The zero-order chi connectivity index (χ0) is 13.2. The predicted molar refractivity (Wildman–Crippen MR) is 81.3 cm³/mol. The van der Waals surface area contributed by atoms with Crippen LogP contribution in [0.4, 0.5) is 0 Å². The molecular weight excluding hydrogens is 290 g/mol. The first-order valence-electron chi connectivity index (χ1n) is 6.87. The maximum atomic E-state index is 5.74. The van der Waals surface area contributed by atoms with Gasteiger partial charge in [0.15, 0.2) is 0 Å². The molecule has 0 amide bonds. The van der Waals surface area contributed by atoms with Gasteiger partial charge in [-0.25, -0.2) is 0 Å². The number of benzene rings is 1. The summed E-state index contributed by atoms with van der Waals surface area (Å²) in [5, 5.41) is 0. The summed E-state index contributed by atoms with van der Waals surface area (Å²) in [7, 11) is 0. The van der Waals surface area contributed by atoms with E-state index >= 15 is 0 Å². The highest BCUT2D eigenvalue weighted by molar-refractivity contribution is 9.10. The highest BCUT2D eigenvalue weighted by Gasteiger charge is 2.00. The van der Waals surface area contributed by atoms with Crippen LogP contribution in [0.1, 0.15) is 33.1 Å². The molecule has 0 aliphatic carbocycles. The summed E-state index contributed by atoms with van der Waals surface area (Å²) in [6, 6.07) is 8.01. The Morgan fingerprint density at radius 2 is 1.78 bits per heavy atom. The van der Waals surface area contributed by atoms with E-state index in [-0.39, 0.29) is 0 Å². The first-order valence-corrected chi connectivity index (χ1v) is 7.67. The van der Waals surface area contributed by atoms with Crippen LogP contribution in [0.3, 0.4) is 0 Å². The van der Waals surface area contributed by atoms with Crippen LogP contribution in [0.5, 0.6) is 5.75 Å². The molecule has 1 aromatic carbocycles. The highest BCUT2D eigenvalue weighted by atomic mass is 79.9. The molecule has 0 heterocycles. The fourth-order valence-corrected chi connectivity index (χ4v) is 2.30. The molecule has 0 unspecified atom stereocenters. The van der Waals surface area contributed by atoms with Crippen LogP contribution in [0.15, 0.2) is 28.7 Å². The second-order valence-electron chi connectivity index (χ2n) is 4.37. The van der Waals surface area contributed by atoms with E-state index in [1.54, 1.807) is 0 Å². The number of hydrogen-bond donors (Lipinski definition) is 0. The van der Waals surface area contributed by atoms with Crippen molar-refractivity contribution in [3.8, 4) is 5.75 Å². The summed E-state index contributed by atoms with van der Waals surface area (Å²) in [5.41, 5.74) is 0. The van der Waals surface area contributed by atoms with Crippen LogP contribution >= 0.6 is 15.9 Å². The molecule has 0 aliphatic rings. The average molecular weight is 314 g/mol. The van der Waals surface area contributed by atoms with Crippen molar-refractivity contribution in [2.45, 2.75) is 33.1 Å². The summed E-state index contributed by atoms with van der Waals surface area (Å²) < 4.78 is 6.77. The standard InChI is InChI=1S/C15H24BrNO/c1-3-17(4-2)12-8-5-9-13-18-15-11-7-6-10-14(15)16/h6-7,10-11H,3-5,8-9,12-13H2,1-2H3. The molecule has 0 aromatic heterocycles. The van der Waals surface area contributed by atoms with Crippen molar-refractivity contribution < 1.29 is 4.74 Å². The van der Waals surface area contributed by atoms with E-state index in [1.807, 2.05) is 24.3 Å². The second-order valence-corrected chi connectivity index (χ2v) is 5.22. The molecule has 1 aromatic rings. The fourth-order valence-electron chi connectivity index (χ4n) is 1.90. The van der Waals surface area contributed by atoms with Crippen LogP contribution < -0.4 is 4.74 Å². The number of rotatable bonds is 9. The molecule has 0 aliphatic heterocycles. The molecule has 0 radical (unpaired) electrons. The molecule has 1 rings (SSSR count). The molecule has 2 nitrogen and oxygen atoms in total. The first-order chi connectivity index (χ1) is 8.77. The third-order valence-electron chi connectivity index (χ3n) is 3.11. The zero-order valence-corrected chi connectivity index (χ0v) is 13.1. The molecule has 0 atom stereocenters. The normalized spacial score (nSPS) is 10.9. The van der Waals surface area contributed by atoms with Gasteiger partial charge in [-0.1, -0.05) is 26.0 Å². The minimum absolute atomic E-state index is 0.806. The van der Waals surface area contributed by atoms with Crippen LogP contribution in [-0.2, 0) is 0 Å². The van der Waals surface area contributed by atoms with Crippen LogP contribution in [0.25, 0.3) is 0 Å². The minimum Gasteiger partial charge on any atom is -0.492 e. The van der Waals surface area contributed by atoms with Crippen LogP contribution in [0, 0.1) is 0 Å². The molecule has 0 fully saturated rings. The molecule has 3 heteroatoms. The Labute approximate surface area is 119 Å². The van der Waals surface area contributed by atoms with Gasteiger partial charge in [0.05, 0.1) is 11.1 Å². The Morgan fingerprint density at radius 1 is 1.06 bits per heavy atom. The van der Waals surface area contributed by atoms with E-state index in [9.17, 15) is 0 Å². The Kier molecular flexibility index (Phi) is 8.10. The summed E-state index contributed by atoms with van der Waals surface area (Å²) in [6.45, 7) is 8.77. The van der Waals surface area contributed by atoms with E-state index in [1.165, 1.54) is 19.4 Å². The van der Waals surface area contributed by atoms with Gasteiger partial charge in [-0.2, -0.15) is 0 Å². The molecule has 0 bridgehead atoms. The van der Waals surface area contributed by atoms with Crippen LogP contribution in [-0.4, -0.2) is 31.1 Å². The van der Waals surface area contributed by atoms with Gasteiger partial charge in [0.2, 0.25) is 0 Å². The van der Waals surface area contributed by atoms with Gasteiger partial charge in [0, 0.05) is 0 Å². The van der Waals surface area contributed by atoms with Crippen molar-refractivity contribution in [1.82, 2.24) is 4.90 Å². The molecule has 0 saturated carbocycles. The summed E-state index contributed by atoms with van der Waals surface area (Å²) >= 11 is 3.49. The number of para-hydroxylation sites is 1. The van der Waals surface area contributed by atoms with E-state index in [2.05, 4.69) is 34.7 Å². The topological polar surface area (TPSA) is 12.5 Å². The van der Waals surface area contributed by atoms with Gasteiger partial charge in [-0.05, 0) is 67.0 Å². The lowest BCUT2D eigenvalue weighted by molar-refractivity contribution is 0.276. The van der Waals surface area contributed by atoms with Gasteiger partial charge in [0.1, 0.15) is 5.75 Å². The third kappa shape index (κ3) is 5.87. The van der Waals surface area contributed by atoms with E-state index in [4.69, 9.17) is 4.74 Å². The van der Waals surface area contributed by atoms with Crippen molar-refractivity contribution in [1.29, 1.82) is 0 Å². The molecule has 0 saturated heterocycles. The van der Waals surface area contributed by atoms with E-state index in [0.29, 0.717) is 0 Å². The van der Waals surface area contributed by atoms with Gasteiger partial charge in [-0.3, -0.25) is 0 Å². The van der Waals surface area contributed by atoms with E-state index in [0.717, 1.165) is 36.3 Å². The summed E-state index contributed by atoms with van der Waals surface area (Å²) in [5.74, 6) is 0.946. The Balaban J connectivity index is 2.07. The highest BCUT2D eigenvalue weighted by Crippen LogP contribution is 2.23. The monoisotopic (exact) mass is 313 g/mol. The number of ether oxygens (including phenoxy) is 1. The summed E-state index contributed by atoms with van der Waals surface area (Å²) in [6.07, 6.45) is 3.63. The molecule has 0 N–H and O–H groups in total. The largest absolute Gasteiger partial charge is 0.492 e. The number of hydrogen-bond acceptors (Lipinski definition) is 2. The number of unbranched alkanes of at least 4 members (excludes halogenated alkanes) is 2. The average Bonchev–Trinajstić information content (AvgIpc) is 2.40. The first kappa shape index (κ1) is 15.5. The lowest BCUT2D eigenvalue weighted by atomic mass is 10.2. The van der Waals surface area contributed by atoms with Gasteiger partial charge in [0.25, 0.3) is 0 Å². The lowest BCUT2D eigenvalue weighted by Crippen LogP contribution is -2.23.